The van der Waals surface area contributed by atoms with E-state index in [1.807, 2.05) is 36.4 Å². The van der Waals surface area contributed by atoms with E-state index in [1.165, 1.54) is 29.7 Å². The van der Waals surface area contributed by atoms with Gasteiger partial charge >= 0.3 is 0 Å². The van der Waals surface area contributed by atoms with Crippen molar-refractivity contribution in [1.82, 2.24) is 13.7 Å². The minimum Gasteiger partial charge on any atom is -0.310 e. The topological polar surface area (TPSA) is 18.0 Å². The van der Waals surface area contributed by atoms with Gasteiger partial charge in [-0.2, -0.15) is 0 Å². The molecule has 0 fully saturated rings. The zero-order chi connectivity index (χ0) is 39.9. The number of rotatable bonds is 6. The molecule has 4 nitrogen and oxygen atoms in total. The van der Waals surface area contributed by atoms with Gasteiger partial charge in [0.1, 0.15) is 11.6 Å². The average Bonchev–Trinajstić information content (AvgIpc) is 3.93. The van der Waals surface area contributed by atoms with Crippen molar-refractivity contribution in [2.75, 3.05) is 4.90 Å². The van der Waals surface area contributed by atoms with E-state index < -0.39 is 0 Å². The maximum atomic E-state index is 14.1. The molecule has 0 N–H and O–H groups in total. The van der Waals surface area contributed by atoms with Crippen LogP contribution in [0.5, 0.6) is 0 Å². The van der Waals surface area contributed by atoms with Crippen LogP contribution in [0.2, 0.25) is 0 Å². The summed E-state index contributed by atoms with van der Waals surface area (Å²) in [6, 6.07) is 69.4. The number of aromatic nitrogens is 3. The molecule has 12 rings (SSSR count). The van der Waals surface area contributed by atoms with Crippen LogP contribution in [0.4, 0.5) is 25.8 Å². The Bertz CT molecular complexity index is 3450. The van der Waals surface area contributed by atoms with Gasteiger partial charge < -0.3 is 18.6 Å². The molecule has 0 amide bonds. The second-order valence-electron chi connectivity index (χ2n) is 15.3. The van der Waals surface area contributed by atoms with Crippen LogP contribution in [0.25, 0.3) is 82.5 Å². The van der Waals surface area contributed by atoms with Crippen LogP contribution in [-0.4, -0.2) is 13.7 Å². The molecule has 0 aliphatic rings. The summed E-state index contributed by atoms with van der Waals surface area (Å²) >= 11 is 0. The van der Waals surface area contributed by atoms with Gasteiger partial charge in [-0.1, -0.05) is 72.8 Å². The maximum absolute atomic E-state index is 14.1. The van der Waals surface area contributed by atoms with E-state index in [1.54, 1.807) is 0 Å². The van der Waals surface area contributed by atoms with Gasteiger partial charge in [-0.15, -0.1) is 0 Å². The van der Waals surface area contributed by atoms with Crippen LogP contribution in [0.3, 0.4) is 0 Å². The Labute approximate surface area is 343 Å². The molecule has 284 valence electrons. The molecule has 0 saturated heterocycles. The Morgan fingerprint density at radius 2 is 0.567 bits per heavy atom. The molecule has 0 atom stereocenters. The minimum absolute atomic E-state index is 0.265. The van der Waals surface area contributed by atoms with Crippen LogP contribution in [0.15, 0.2) is 206 Å². The number of benzene rings is 9. The van der Waals surface area contributed by atoms with Gasteiger partial charge in [-0.3, -0.25) is 0 Å². The molecule has 0 aliphatic heterocycles. The number of nitrogens with zero attached hydrogens (tertiary/aromatic N) is 4. The van der Waals surface area contributed by atoms with Crippen LogP contribution in [0, 0.1) is 11.6 Å². The molecule has 60 heavy (non-hydrogen) atoms. The summed E-state index contributed by atoms with van der Waals surface area (Å²) in [6.45, 7) is 0. The molecular weight excluding hydrogens is 743 g/mol. The number of hydrogen-bond acceptors (Lipinski definition) is 1. The van der Waals surface area contributed by atoms with Crippen molar-refractivity contribution >= 4 is 82.5 Å². The minimum atomic E-state index is -0.265. The zero-order valence-electron chi connectivity index (χ0n) is 32.2. The fourth-order valence-electron chi connectivity index (χ4n) is 9.34. The molecule has 0 unspecified atom stereocenters. The summed E-state index contributed by atoms with van der Waals surface area (Å²) in [6.07, 6.45) is 0. The summed E-state index contributed by atoms with van der Waals surface area (Å²) in [7, 11) is 0. The Kier molecular flexibility index (Phi) is 7.56. The Morgan fingerprint density at radius 1 is 0.267 bits per heavy atom. The molecule has 0 aliphatic carbocycles. The first-order valence-corrected chi connectivity index (χ1v) is 20.1. The first kappa shape index (κ1) is 34.1. The Morgan fingerprint density at radius 3 is 0.933 bits per heavy atom. The van der Waals surface area contributed by atoms with Crippen LogP contribution in [-0.2, 0) is 0 Å². The number of anilines is 3. The molecule has 0 bridgehead atoms. The smallest absolute Gasteiger partial charge is 0.123 e. The Hall–Kier alpha value is -7.96. The predicted molar refractivity (Wildman–Crippen MR) is 244 cm³/mol. The maximum Gasteiger partial charge on any atom is 0.123 e. The van der Waals surface area contributed by atoms with Gasteiger partial charge in [0.2, 0.25) is 0 Å². The lowest BCUT2D eigenvalue weighted by Gasteiger charge is -2.26. The number of halogens is 2. The van der Waals surface area contributed by atoms with Crippen molar-refractivity contribution < 1.29 is 8.78 Å². The fourth-order valence-corrected chi connectivity index (χ4v) is 9.34. The van der Waals surface area contributed by atoms with E-state index in [4.69, 9.17) is 0 Å². The third-order valence-corrected chi connectivity index (χ3v) is 11.9. The summed E-state index contributed by atoms with van der Waals surface area (Å²) < 4.78 is 35.0. The SMILES string of the molecule is Fc1ccc(-n2c3ccccc3c3cc(N(c4ccc5c(c4)c4ccccc4n5-c4ccccc4)c4ccc5c(c4)c4ccccc4n5-c4ccc(F)cc4)ccc32)cc1. The molecule has 0 radical (unpaired) electrons. The van der Waals surface area contributed by atoms with Crippen molar-refractivity contribution in [3.8, 4) is 17.1 Å². The summed E-state index contributed by atoms with van der Waals surface area (Å²) in [5.41, 5.74) is 12.4. The molecule has 3 aromatic heterocycles. The number of hydrogen-bond donors (Lipinski definition) is 0. The lowest BCUT2D eigenvalue weighted by molar-refractivity contribution is 0.627. The molecule has 0 spiro atoms. The van der Waals surface area contributed by atoms with Crippen molar-refractivity contribution in [2.45, 2.75) is 0 Å². The van der Waals surface area contributed by atoms with Gasteiger partial charge in [0.25, 0.3) is 0 Å². The van der Waals surface area contributed by atoms with Crippen molar-refractivity contribution in [1.29, 1.82) is 0 Å². The van der Waals surface area contributed by atoms with Gasteiger partial charge in [0.15, 0.2) is 0 Å². The number of para-hydroxylation sites is 4. The highest BCUT2D eigenvalue weighted by Gasteiger charge is 2.22. The largest absolute Gasteiger partial charge is 0.310 e. The normalized spacial score (nSPS) is 11.8. The van der Waals surface area contributed by atoms with E-state index >= 15 is 0 Å². The fraction of sp³-hybridized carbons (Fsp3) is 0. The second kappa shape index (κ2) is 13.3. The van der Waals surface area contributed by atoms with Crippen LogP contribution < -0.4 is 4.90 Å². The first-order valence-electron chi connectivity index (χ1n) is 20.1. The van der Waals surface area contributed by atoms with E-state index in [9.17, 15) is 8.78 Å². The zero-order valence-corrected chi connectivity index (χ0v) is 32.2. The number of fused-ring (bicyclic) bond motifs is 9. The van der Waals surface area contributed by atoms with Crippen molar-refractivity contribution in [3.05, 3.63) is 218 Å². The third-order valence-electron chi connectivity index (χ3n) is 11.9. The highest BCUT2D eigenvalue weighted by molar-refractivity contribution is 6.14. The molecule has 6 heteroatoms. The van der Waals surface area contributed by atoms with Gasteiger partial charge in [0, 0.05) is 66.4 Å². The lowest BCUT2D eigenvalue weighted by Crippen LogP contribution is -2.10. The Balaban J connectivity index is 1.12. The molecule has 12 aromatic rings. The van der Waals surface area contributed by atoms with E-state index in [0.717, 1.165) is 94.2 Å². The quantitative estimate of drug-likeness (QED) is 0.164. The molecule has 3 heterocycles. The van der Waals surface area contributed by atoms with E-state index in [0.29, 0.717) is 0 Å². The van der Waals surface area contributed by atoms with E-state index in [2.05, 4.69) is 164 Å². The second-order valence-corrected chi connectivity index (χ2v) is 15.3. The lowest BCUT2D eigenvalue weighted by atomic mass is 10.1. The van der Waals surface area contributed by atoms with Crippen molar-refractivity contribution in [2.24, 2.45) is 0 Å². The molecular formula is C54H34F2N4. The first-order chi connectivity index (χ1) is 29.6. The standard InChI is InChI=1S/C54H34F2N4/c55-35-18-22-38(23-19-35)59-50-16-8-5-13-44(50)47-33-41(27-30-53(47)59)57(40-26-29-52-46(32-40)43-12-4-7-15-49(43)58(52)37-10-2-1-3-11-37)42-28-31-54-48(34-42)45-14-6-9-17-51(45)60(54)39-24-20-36(56)21-25-39/h1-34H. The summed E-state index contributed by atoms with van der Waals surface area (Å²) in [4.78, 5) is 2.35. The highest BCUT2D eigenvalue weighted by Crippen LogP contribution is 2.44. The highest BCUT2D eigenvalue weighted by atomic mass is 19.1. The van der Waals surface area contributed by atoms with Crippen LogP contribution >= 0.6 is 0 Å². The van der Waals surface area contributed by atoms with E-state index in [-0.39, 0.29) is 11.6 Å². The van der Waals surface area contributed by atoms with Gasteiger partial charge in [0.05, 0.1) is 33.1 Å². The molecule has 9 aromatic carbocycles. The predicted octanol–water partition coefficient (Wildman–Crippen LogP) is 14.7. The average molecular weight is 777 g/mol. The summed E-state index contributed by atoms with van der Waals surface area (Å²) in [5, 5.41) is 6.73. The van der Waals surface area contributed by atoms with Crippen LogP contribution in [0.1, 0.15) is 0 Å². The van der Waals surface area contributed by atoms with Crippen molar-refractivity contribution in [3.63, 3.8) is 0 Å². The van der Waals surface area contributed by atoms with Gasteiger partial charge in [-0.25, -0.2) is 8.78 Å². The third kappa shape index (κ3) is 5.21. The molecule has 0 saturated carbocycles. The van der Waals surface area contributed by atoms with Gasteiger partial charge in [-0.05, 0) is 133 Å². The monoisotopic (exact) mass is 776 g/mol. The summed E-state index contributed by atoms with van der Waals surface area (Å²) in [5.74, 6) is -0.530.